The fourth-order valence-electron chi connectivity index (χ4n) is 2.06. The van der Waals surface area contributed by atoms with Crippen molar-refractivity contribution in [1.82, 2.24) is 10.3 Å². The molecule has 1 aromatic heterocycles. The summed E-state index contributed by atoms with van der Waals surface area (Å²) in [5.74, 6) is 0. The van der Waals surface area contributed by atoms with E-state index in [1.54, 1.807) is 11.3 Å². The number of thiazole rings is 1. The molecule has 2 heterocycles. The molecule has 1 saturated heterocycles. The highest BCUT2D eigenvalue weighted by Gasteiger charge is 2.27. The molecule has 1 N–H and O–H groups in total. The summed E-state index contributed by atoms with van der Waals surface area (Å²) in [6.07, 6.45) is 4.16. The van der Waals surface area contributed by atoms with Crippen molar-refractivity contribution in [1.29, 1.82) is 0 Å². The van der Waals surface area contributed by atoms with Crippen LogP contribution in [0.1, 0.15) is 36.6 Å². The third-order valence-corrected chi connectivity index (χ3v) is 4.18. The summed E-state index contributed by atoms with van der Waals surface area (Å²) >= 11 is 1.78. The number of ether oxygens (including phenoxy) is 1. The number of rotatable bonds is 3. The molecule has 0 bridgehead atoms. The number of nitrogens with one attached hydrogen (secondary N) is 1. The molecule has 4 heteroatoms. The first-order valence-corrected chi connectivity index (χ1v) is 6.68. The summed E-state index contributed by atoms with van der Waals surface area (Å²) in [6, 6.07) is 0.563. The van der Waals surface area contributed by atoms with Crippen molar-refractivity contribution in [2.24, 2.45) is 0 Å². The molecule has 1 aromatic rings. The third-order valence-electron chi connectivity index (χ3n) is 2.94. The highest BCUT2D eigenvalue weighted by Crippen LogP contribution is 2.26. The van der Waals surface area contributed by atoms with E-state index in [9.17, 15) is 0 Å². The van der Waals surface area contributed by atoms with Crippen LogP contribution in [0.25, 0.3) is 0 Å². The van der Waals surface area contributed by atoms with E-state index in [-0.39, 0.29) is 5.54 Å². The zero-order valence-corrected chi connectivity index (χ0v) is 11.1. The first kappa shape index (κ1) is 12.0. The monoisotopic (exact) mass is 240 g/mol. The van der Waals surface area contributed by atoms with Crippen molar-refractivity contribution in [3.63, 3.8) is 0 Å². The van der Waals surface area contributed by atoms with Crippen LogP contribution in [0.2, 0.25) is 0 Å². The van der Waals surface area contributed by atoms with Crippen molar-refractivity contribution in [3.05, 3.63) is 16.1 Å². The van der Waals surface area contributed by atoms with E-state index < -0.39 is 0 Å². The van der Waals surface area contributed by atoms with Crippen molar-refractivity contribution in [2.75, 3.05) is 13.2 Å². The SMILES string of the molecule is Cc1cnc(C(C)(C)NC2CCOCC2)s1. The second-order valence-electron chi connectivity index (χ2n) is 4.93. The van der Waals surface area contributed by atoms with E-state index >= 15 is 0 Å². The van der Waals surface area contributed by atoms with Gasteiger partial charge in [0.2, 0.25) is 0 Å². The highest BCUT2D eigenvalue weighted by molar-refractivity contribution is 7.11. The Morgan fingerprint density at radius 1 is 1.44 bits per heavy atom. The van der Waals surface area contributed by atoms with Crippen LogP contribution in [0.4, 0.5) is 0 Å². The number of aromatic nitrogens is 1. The molecule has 0 spiro atoms. The molecular weight excluding hydrogens is 220 g/mol. The van der Waals surface area contributed by atoms with Crippen LogP contribution in [-0.4, -0.2) is 24.2 Å². The molecule has 0 radical (unpaired) electrons. The molecule has 90 valence electrons. The highest BCUT2D eigenvalue weighted by atomic mass is 32.1. The molecule has 1 aliphatic heterocycles. The van der Waals surface area contributed by atoms with E-state index in [1.807, 2.05) is 6.20 Å². The molecule has 16 heavy (non-hydrogen) atoms. The summed E-state index contributed by atoms with van der Waals surface area (Å²) in [5, 5.41) is 4.87. The number of hydrogen-bond acceptors (Lipinski definition) is 4. The smallest absolute Gasteiger partial charge is 0.112 e. The number of aryl methyl sites for hydroxylation is 1. The molecular formula is C12H20N2OS. The molecule has 0 aromatic carbocycles. The average molecular weight is 240 g/mol. The predicted molar refractivity (Wildman–Crippen MR) is 66.9 cm³/mol. The van der Waals surface area contributed by atoms with Crippen LogP contribution in [-0.2, 0) is 10.3 Å². The van der Waals surface area contributed by atoms with E-state index in [0.29, 0.717) is 6.04 Å². The largest absolute Gasteiger partial charge is 0.381 e. The Balaban J connectivity index is 2.01. The molecule has 0 aliphatic carbocycles. The minimum atomic E-state index is -0.0269. The van der Waals surface area contributed by atoms with Gasteiger partial charge in [0.1, 0.15) is 5.01 Å². The van der Waals surface area contributed by atoms with Crippen LogP contribution in [0, 0.1) is 6.92 Å². The average Bonchev–Trinajstić information content (AvgIpc) is 2.66. The van der Waals surface area contributed by atoms with Gasteiger partial charge in [-0.1, -0.05) is 0 Å². The van der Waals surface area contributed by atoms with Gasteiger partial charge in [-0.2, -0.15) is 0 Å². The van der Waals surface area contributed by atoms with Crippen LogP contribution in [0.3, 0.4) is 0 Å². The third kappa shape index (κ3) is 2.81. The van der Waals surface area contributed by atoms with Gasteiger partial charge in [-0.25, -0.2) is 4.98 Å². The molecule has 0 atom stereocenters. The molecule has 1 fully saturated rings. The zero-order valence-electron chi connectivity index (χ0n) is 10.2. The van der Waals surface area contributed by atoms with Crippen LogP contribution < -0.4 is 5.32 Å². The second-order valence-corrected chi connectivity index (χ2v) is 6.17. The van der Waals surface area contributed by atoms with Gasteiger partial charge in [-0.3, -0.25) is 0 Å². The summed E-state index contributed by atoms with van der Waals surface area (Å²) in [4.78, 5) is 5.75. The van der Waals surface area contributed by atoms with Gasteiger partial charge in [-0.15, -0.1) is 11.3 Å². The lowest BCUT2D eigenvalue weighted by atomic mass is 10.0. The number of nitrogens with zero attached hydrogens (tertiary/aromatic N) is 1. The molecule has 0 unspecified atom stereocenters. The van der Waals surface area contributed by atoms with Gasteiger partial charge in [0, 0.05) is 30.3 Å². The minimum absolute atomic E-state index is 0.0269. The lowest BCUT2D eigenvalue weighted by molar-refractivity contribution is 0.0699. The van der Waals surface area contributed by atoms with Crippen molar-refractivity contribution in [2.45, 2.75) is 45.2 Å². The van der Waals surface area contributed by atoms with Crippen molar-refractivity contribution in [3.8, 4) is 0 Å². The summed E-state index contributed by atoms with van der Waals surface area (Å²) < 4.78 is 5.37. The zero-order chi connectivity index (χ0) is 11.6. The topological polar surface area (TPSA) is 34.2 Å². The normalized spacial score (nSPS) is 18.9. The Morgan fingerprint density at radius 2 is 2.12 bits per heavy atom. The summed E-state index contributed by atoms with van der Waals surface area (Å²) in [7, 11) is 0. The summed E-state index contributed by atoms with van der Waals surface area (Å²) in [6.45, 7) is 8.28. The predicted octanol–water partition coefficient (Wildman–Crippen LogP) is 2.46. The molecule has 1 aliphatic rings. The standard InChI is InChI=1S/C12H20N2OS/c1-9-8-13-11(16-9)12(2,3)14-10-4-6-15-7-5-10/h8,10,14H,4-7H2,1-3H3. The maximum Gasteiger partial charge on any atom is 0.112 e. The Kier molecular flexibility index (Phi) is 3.62. The Labute approximate surface area is 101 Å². The molecule has 3 nitrogen and oxygen atoms in total. The van der Waals surface area contributed by atoms with Crippen LogP contribution >= 0.6 is 11.3 Å². The fraction of sp³-hybridized carbons (Fsp3) is 0.750. The first-order valence-electron chi connectivity index (χ1n) is 5.86. The van der Waals surface area contributed by atoms with E-state index in [0.717, 1.165) is 26.1 Å². The summed E-state index contributed by atoms with van der Waals surface area (Å²) in [5.41, 5.74) is -0.0269. The maximum atomic E-state index is 5.37. The molecule has 0 saturated carbocycles. The molecule has 2 rings (SSSR count). The van der Waals surface area contributed by atoms with Crippen LogP contribution in [0.15, 0.2) is 6.20 Å². The van der Waals surface area contributed by atoms with Crippen LogP contribution in [0.5, 0.6) is 0 Å². The van der Waals surface area contributed by atoms with Crippen molar-refractivity contribution < 1.29 is 4.74 Å². The lowest BCUT2D eigenvalue weighted by Crippen LogP contribution is -2.46. The van der Waals surface area contributed by atoms with Gasteiger partial charge in [0.25, 0.3) is 0 Å². The minimum Gasteiger partial charge on any atom is -0.381 e. The van der Waals surface area contributed by atoms with Crippen molar-refractivity contribution >= 4 is 11.3 Å². The van der Waals surface area contributed by atoms with E-state index in [1.165, 1.54) is 9.88 Å². The Hall–Kier alpha value is -0.450. The van der Waals surface area contributed by atoms with Gasteiger partial charge in [0.05, 0.1) is 5.54 Å². The fourth-order valence-corrected chi connectivity index (χ4v) is 2.89. The first-order chi connectivity index (χ1) is 7.58. The molecule has 0 amide bonds. The quantitative estimate of drug-likeness (QED) is 0.881. The van der Waals surface area contributed by atoms with Gasteiger partial charge in [-0.05, 0) is 33.6 Å². The Morgan fingerprint density at radius 3 is 2.69 bits per heavy atom. The number of hydrogen-bond donors (Lipinski definition) is 1. The van der Waals surface area contributed by atoms with Gasteiger partial charge >= 0.3 is 0 Å². The van der Waals surface area contributed by atoms with E-state index in [4.69, 9.17) is 4.74 Å². The van der Waals surface area contributed by atoms with E-state index in [2.05, 4.69) is 31.1 Å². The van der Waals surface area contributed by atoms with Gasteiger partial charge < -0.3 is 10.1 Å². The Bertz CT molecular complexity index is 343. The van der Waals surface area contributed by atoms with Gasteiger partial charge in [0.15, 0.2) is 0 Å². The lowest BCUT2D eigenvalue weighted by Gasteiger charge is -2.32. The second kappa shape index (κ2) is 4.82. The maximum absolute atomic E-state index is 5.37.